The van der Waals surface area contributed by atoms with Gasteiger partial charge >= 0.3 is 0 Å². The second kappa shape index (κ2) is 15.5. The predicted octanol–water partition coefficient (Wildman–Crippen LogP) is 4.80. The van der Waals surface area contributed by atoms with Crippen molar-refractivity contribution in [3.63, 3.8) is 0 Å². The zero-order chi connectivity index (χ0) is 13.5. The molecule has 18 heavy (non-hydrogen) atoms. The van der Waals surface area contributed by atoms with Crippen molar-refractivity contribution in [1.29, 1.82) is 0 Å². The van der Waals surface area contributed by atoms with Crippen molar-refractivity contribution in [3.05, 3.63) is 0 Å². The maximum atomic E-state index is 5.59. The summed E-state index contributed by atoms with van der Waals surface area (Å²) in [6.07, 6.45) is 8.53. The number of rotatable bonds is 14. The average Bonchev–Trinajstić information content (AvgIpc) is 2.34. The Morgan fingerprint density at radius 1 is 0.722 bits per heavy atom. The van der Waals surface area contributed by atoms with E-state index in [9.17, 15) is 0 Å². The van der Waals surface area contributed by atoms with Crippen molar-refractivity contribution in [2.75, 3.05) is 31.8 Å². The number of hydrogen-bond acceptors (Lipinski definition) is 2. The fraction of sp³-hybridized carbons (Fsp3) is 1.00. The minimum Gasteiger partial charge on any atom is -0.381 e. The highest BCUT2D eigenvalue weighted by molar-refractivity contribution is 9.09. The number of ether oxygens (including phenoxy) is 2. The average molecular weight is 323 g/mol. The summed E-state index contributed by atoms with van der Waals surface area (Å²) in [6, 6.07) is 0. The summed E-state index contributed by atoms with van der Waals surface area (Å²) in [5.74, 6) is 0.748. The molecule has 0 unspecified atom stereocenters. The van der Waals surface area contributed by atoms with Gasteiger partial charge in [0.25, 0.3) is 0 Å². The molecule has 0 N–H and O–H groups in total. The third-order valence-corrected chi connectivity index (χ3v) is 3.40. The Morgan fingerprint density at radius 2 is 1.22 bits per heavy atom. The number of hydrogen-bond donors (Lipinski definition) is 0. The maximum Gasteiger partial charge on any atom is 0.0468 e. The molecule has 0 aromatic rings. The maximum absolute atomic E-state index is 5.59. The van der Waals surface area contributed by atoms with Gasteiger partial charge in [-0.05, 0) is 38.0 Å². The van der Waals surface area contributed by atoms with Gasteiger partial charge in [0.05, 0.1) is 0 Å². The molecule has 2 nitrogen and oxygen atoms in total. The first-order valence-corrected chi connectivity index (χ1v) is 8.61. The van der Waals surface area contributed by atoms with Gasteiger partial charge in [-0.1, -0.05) is 42.6 Å². The van der Waals surface area contributed by atoms with Crippen molar-refractivity contribution in [3.8, 4) is 0 Å². The molecule has 0 atom stereocenters. The van der Waals surface area contributed by atoms with Crippen LogP contribution in [0, 0.1) is 5.92 Å². The van der Waals surface area contributed by atoms with Crippen LogP contribution in [0.25, 0.3) is 0 Å². The largest absolute Gasteiger partial charge is 0.381 e. The molecular weight excluding hydrogens is 292 g/mol. The summed E-state index contributed by atoms with van der Waals surface area (Å²) in [5, 5.41) is 1.13. The van der Waals surface area contributed by atoms with E-state index in [0.717, 1.165) is 50.5 Å². The highest BCUT2D eigenvalue weighted by Gasteiger charge is 1.95. The van der Waals surface area contributed by atoms with E-state index in [1.54, 1.807) is 0 Å². The first kappa shape index (κ1) is 18.4. The first-order chi connectivity index (χ1) is 8.77. The van der Waals surface area contributed by atoms with Crippen molar-refractivity contribution in [2.24, 2.45) is 5.92 Å². The quantitative estimate of drug-likeness (QED) is 0.338. The minimum absolute atomic E-state index is 0.748. The molecule has 0 heterocycles. The van der Waals surface area contributed by atoms with Crippen LogP contribution in [0.2, 0.25) is 0 Å². The molecule has 0 amide bonds. The van der Waals surface area contributed by atoms with E-state index >= 15 is 0 Å². The zero-order valence-electron chi connectivity index (χ0n) is 12.3. The van der Waals surface area contributed by atoms with Crippen LogP contribution >= 0.6 is 15.9 Å². The smallest absolute Gasteiger partial charge is 0.0468 e. The van der Waals surface area contributed by atoms with Gasteiger partial charge in [-0.25, -0.2) is 0 Å². The van der Waals surface area contributed by atoms with Crippen LogP contribution < -0.4 is 0 Å². The Morgan fingerprint density at radius 3 is 1.78 bits per heavy atom. The second-order valence-corrected chi connectivity index (χ2v) is 6.01. The van der Waals surface area contributed by atoms with Crippen LogP contribution in [0.5, 0.6) is 0 Å². The molecule has 0 aliphatic rings. The number of alkyl halides is 1. The third kappa shape index (κ3) is 16.4. The summed E-state index contributed by atoms with van der Waals surface area (Å²) in [4.78, 5) is 0. The van der Waals surface area contributed by atoms with E-state index in [4.69, 9.17) is 9.47 Å². The molecule has 0 saturated heterocycles. The minimum atomic E-state index is 0.748. The number of unbranched alkanes of at least 4 members (excludes halogenated alkanes) is 4. The van der Waals surface area contributed by atoms with Gasteiger partial charge in [-0.3, -0.25) is 0 Å². The van der Waals surface area contributed by atoms with Crippen molar-refractivity contribution < 1.29 is 9.47 Å². The zero-order valence-corrected chi connectivity index (χ0v) is 13.8. The molecule has 0 bridgehead atoms. The molecule has 0 saturated carbocycles. The summed E-state index contributed by atoms with van der Waals surface area (Å²) in [5.41, 5.74) is 0. The van der Waals surface area contributed by atoms with Crippen molar-refractivity contribution >= 4 is 15.9 Å². The molecule has 0 radical (unpaired) electrons. The Labute approximate surface area is 122 Å². The highest BCUT2D eigenvalue weighted by Crippen LogP contribution is 2.03. The van der Waals surface area contributed by atoms with Gasteiger partial charge in [0, 0.05) is 31.8 Å². The Kier molecular flexibility index (Phi) is 15.8. The molecule has 0 aliphatic carbocycles. The molecule has 3 heteroatoms. The Balaban J connectivity index is 2.90. The van der Waals surface area contributed by atoms with E-state index in [-0.39, 0.29) is 0 Å². The molecular formula is C15H31BrO2. The fourth-order valence-corrected chi connectivity index (χ4v) is 1.98. The normalized spacial score (nSPS) is 11.3. The van der Waals surface area contributed by atoms with Crippen molar-refractivity contribution in [1.82, 2.24) is 0 Å². The van der Waals surface area contributed by atoms with Crippen LogP contribution in [-0.4, -0.2) is 31.8 Å². The monoisotopic (exact) mass is 322 g/mol. The third-order valence-electron chi connectivity index (χ3n) is 2.84. The van der Waals surface area contributed by atoms with Crippen molar-refractivity contribution in [2.45, 2.75) is 58.8 Å². The second-order valence-electron chi connectivity index (χ2n) is 5.22. The van der Waals surface area contributed by atoms with Crippen LogP contribution in [0.15, 0.2) is 0 Å². The Hall–Kier alpha value is 0.400. The van der Waals surface area contributed by atoms with E-state index in [0.29, 0.717) is 0 Å². The molecule has 0 aromatic heterocycles. The van der Waals surface area contributed by atoms with Crippen LogP contribution in [0.1, 0.15) is 58.8 Å². The van der Waals surface area contributed by atoms with Crippen LogP contribution in [0.3, 0.4) is 0 Å². The SMILES string of the molecule is CC(C)CCOCCCCOCCCCCCBr. The van der Waals surface area contributed by atoms with Crippen LogP contribution in [0.4, 0.5) is 0 Å². The highest BCUT2D eigenvalue weighted by atomic mass is 79.9. The lowest BCUT2D eigenvalue weighted by atomic mass is 10.1. The molecule has 0 aliphatic heterocycles. The summed E-state index contributed by atoms with van der Waals surface area (Å²) in [6.45, 7) is 8.08. The molecule has 0 fully saturated rings. The Bertz CT molecular complexity index is 151. The number of halogens is 1. The van der Waals surface area contributed by atoms with Gasteiger partial charge in [0.2, 0.25) is 0 Å². The van der Waals surface area contributed by atoms with Gasteiger partial charge in [-0.2, -0.15) is 0 Å². The van der Waals surface area contributed by atoms with E-state index in [2.05, 4.69) is 29.8 Å². The van der Waals surface area contributed by atoms with Gasteiger partial charge in [-0.15, -0.1) is 0 Å². The molecule has 0 spiro atoms. The van der Waals surface area contributed by atoms with Gasteiger partial charge in [0.1, 0.15) is 0 Å². The topological polar surface area (TPSA) is 18.5 Å². The molecule has 0 rings (SSSR count). The molecule has 110 valence electrons. The summed E-state index contributed by atoms with van der Waals surface area (Å²) >= 11 is 3.44. The lowest BCUT2D eigenvalue weighted by molar-refractivity contribution is 0.0964. The first-order valence-electron chi connectivity index (χ1n) is 7.48. The lowest BCUT2D eigenvalue weighted by Gasteiger charge is -2.07. The standard InChI is InChI=1S/C15H31BrO2/c1-15(2)9-14-18-13-8-7-12-17-11-6-4-3-5-10-16/h15H,3-14H2,1-2H3. The van der Waals surface area contributed by atoms with E-state index in [1.807, 2.05) is 0 Å². The van der Waals surface area contributed by atoms with Crippen LogP contribution in [-0.2, 0) is 9.47 Å². The lowest BCUT2D eigenvalue weighted by Crippen LogP contribution is -2.02. The van der Waals surface area contributed by atoms with E-state index in [1.165, 1.54) is 32.1 Å². The van der Waals surface area contributed by atoms with Gasteiger partial charge < -0.3 is 9.47 Å². The summed E-state index contributed by atoms with van der Waals surface area (Å²) in [7, 11) is 0. The van der Waals surface area contributed by atoms with Gasteiger partial charge in [0.15, 0.2) is 0 Å². The molecule has 0 aromatic carbocycles. The predicted molar refractivity (Wildman–Crippen MR) is 82.6 cm³/mol. The fourth-order valence-electron chi connectivity index (χ4n) is 1.58. The van der Waals surface area contributed by atoms with E-state index < -0.39 is 0 Å². The summed E-state index contributed by atoms with van der Waals surface area (Å²) < 4.78 is 11.1.